The van der Waals surface area contributed by atoms with Crippen molar-refractivity contribution in [2.45, 2.75) is 54.9 Å². The number of hydrogen-bond acceptors (Lipinski definition) is 9. The first-order valence-corrected chi connectivity index (χ1v) is 15.3. The fourth-order valence-electron chi connectivity index (χ4n) is 4.40. The monoisotopic (exact) mass is 608 g/mol. The molecule has 0 atom stereocenters. The normalized spacial score (nSPS) is 14.0. The van der Waals surface area contributed by atoms with Gasteiger partial charge < -0.3 is 24.4 Å². The van der Waals surface area contributed by atoms with Crippen molar-refractivity contribution < 1.29 is 23.4 Å². The minimum Gasteiger partial charge on any atom is -0.497 e. The van der Waals surface area contributed by atoms with Crippen molar-refractivity contribution >= 4 is 40.1 Å². The molecule has 42 heavy (non-hydrogen) atoms. The van der Waals surface area contributed by atoms with E-state index in [4.69, 9.17) is 19.2 Å². The summed E-state index contributed by atoms with van der Waals surface area (Å²) in [5.41, 5.74) is 0.473. The van der Waals surface area contributed by atoms with Gasteiger partial charge in [-0.3, -0.25) is 0 Å². The van der Waals surface area contributed by atoms with Crippen LogP contribution >= 0.6 is 23.1 Å². The first-order valence-electron chi connectivity index (χ1n) is 13.6. The SMILES string of the molecule is COc1cccc(Sc2cnc(Nc3nc(C4CCN(C(=O)OC(C)(C)C)CC4)cs3)c(Oc3ccc(F)cc3)c2)c1. The Kier molecular flexibility index (Phi) is 9.18. The van der Waals surface area contributed by atoms with Gasteiger partial charge in [-0.1, -0.05) is 17.8 Å². The molecular weight excluding hydrogens is 575 g/mol. The van der Waals surface area contributed by atoms with Crippen LogP contribution in [0.1, 0.15) is 45.2 Å². The summed E-state index contributed by atoms with van der Waals surface area (Å²) in [6.07, 6.45) is 3.13. The number of rotatable bonds is 8. The maximum atomic E-state index is 13.5. The molecule has 2 aromatic heterocycles. The van der Waals surface area contributed by atoms with Crippen LogP contribution in [0, 0.1) is 5.82 Å². The molecule has 1 amide bonds. The first kappa shape index (κ1) is 29.7. The van der Waals surface area contributed by atoms with Gasteiger partial charge in [0.05, 0.1) is 12.8 Å². The minimum absolute atomic E-state index is 0.250. The molecule has 0 spiro atoms. The summed E-state index contributed by atoms with van der Waals surface area (Å²) >= 11 is 3.02. The molecule has 8 nitrogen and oxygen atoms in total. The van der Waals surface area contributed by atoms with Crippen molar-refractivity contribution in [1.29, 1.82) is 0 Å². The van der Waals surface area contributed by atoms with Crippen LogP contribution in [0.3, 0.4) is 0 Å². The van der Waals surface area contributed by atoms with E-state index in [0.29, 0.717) is 35.5 Å². The molecule has 1 N–H and O–H groups in total. The molecule has 3 heterocycles. The highest BCUT2D eigenvalue weighted by molar-refractivity contribution is 7.99. The third-order valence-electron chi connectivity index (χ3n) is 6.46. The van der Waals surface area contributed by atoms with Crippen molar-refractivity contribution in [1.82, 2.24) is 14.9 Å². The van der Waals surface area contributed by atoms with Gasteiger partial charge in [-0.2, -0.15) is 0 Å². The van der Waals surface area contributed by atoms with E-state index in [1.54, 1.807) is 30.3 Å². The van der Waals surface area contributed by atoms with Gasteiger partial charge in [-0.15, -0.1) is 11.3 Å². The number of nitrogens with zero attached hydrogens (tertiary/aromatic N) is 3. The number of likely N-dealkylation sites (tertiary alicyclic amines) is 1. The standard InChI is InChI=1S/C31H33FN4O4S2/c1-31(2,3)40-30(37)36-14-12-20(13-15-36)26-19-41-29(34-26)35-28-27(39-22-10-8-21(32)9-11-22)17-25(18-33-28)42-24-7-5-6-23(16-24)38-4/h5-11,16-20H,12-15H2,1-4H3,(H,33,34,35). The van der Waals surface area contributed by atoms with Gasteiger partial charge in [0.2, 0.25) is 0 Å². The average molecular weight is 609 g/mol. The Morgan fingerprint density at radius 2 is 1.83 bits per heavy atom. The molecule has 1 fully saturated rings. The molecule has 0 bridgehead atoms. The molecule has 4 aromatic rings. The van der Waals surface area contributed by atoms with E-state index in [1.807, 2.05) is 56.5 Å². The first-order chi connectivity index (χ1) is 20.1. The van der Waals surface area contributed by atoms with Gasteiger partial charge in [-0.25, -0.2) is 19.2 Å². The topological polar surface area (TPSA) is 85.8 Å². The third-order valence-corrected chi connectivity index (χ3v) is 8.18. The zero-order valence-corrected chi connectivity index (χ0v) is 25.6. The van der Waals surface area contributed by atoms with E-state index >= 15 is 0 Å². The van der Waals surface area contributed by atoms with Crippen LogP contribution in [-0.2, 0) is 4.74 Å². The van der Waals surface area contributed by atoms with Crippen molar-refractivity contribution in [3.05, 3.63) is 77.7 Å². The number of methoxy groups -OCH3 is 1. The minimum atomic E-state index is -0.511. The maximum absolute atomic E-state index is 13.5. The number of piperidine rings is 1. The quantitative estimate of drug-likeness (QED) is 0.213. The molecule has 220 valence electrons. The summed E-state index contributed by atoms with van der Waals surface area (Å²) in [5, 5.41) is 6.04. The lowest BCUT2D eigenvalue weighted by Crippen LogP contribution is -2.41. The van der Waals surface area contributed by atoms with E-state index < -0.39 is 5.60 Å². The highest BCUT2D eigenvalue weighted by Crippen LogP contribution is 2.38. The molecule has 0 radical (unpaired) electrons. The molecule has 11 heteroatoms. The lowest BCUT2D eigenvalue weighted by molar-refractivity contribution is 0.0204. The number of anilines is 2. The van der Waals surface area contributed by atoms with Crippen molar-refractivity contribution in [2.24, 2.45) is 0 Å². The van der Waals surface area contributed by atoms with Crippen LogP contribution < -0.4 is 14.8 Å². The molecular formula is C31H33FN4O4S2. The second-order valence-electron chi connectivity index (χ2n) is 10.8. The van der Waals surface area contributed by atoms with Crippen LogP contribution in [0.25, 0.3) is 0 Å². The maximum Gasteiger partial charge on any atom is 0.410 e. The van der Waals surface area contributed by atoms with Crippen molar-refractivity contribution in [3.8, 4) is 17.2 Å². The highest BCUT2D eigenvalue weighted by Gasteiger charge is 2.28. The molecule has 0 unspecified atom stereocenters. The Hall–Kier alpha value is -3.83. The number of ether oxygens (including phenoxy) is 3. The predicted molar refractivity (Wildman–Crippen MR) is 163 cm³/mol. The van der Waals surface area contributed by atoms with Gasteiger partial charge in [-0.05, 0) is 76.1 Å². The van der Waals surface area contributed by atoms with E-state index in [-0.39, 0.29) is 17.8 Å². The fourth-order valence-corrected chi connectivity index (χ4v) is 6.06. The summed E-state index contributed by atoms with van der Waals surface area (Å²) in [7, 11) is 1.64. The molecule has 0 saturated carbocycles. The van der Waals surface area contributed by atoms with Crippen LogP contribution in [0.2, 0.25) is 0 Å². The molecule has 1 aliphatic heterocycles. The Bertz CT molecular complexity index is 1520. The summed E-state index contributed by atoms with van der Waals surface area (Å²) in [6.45, 7) is 6.88. The summed E-state index contributed by atoms with van der Waals surface area (Å²) in [5.74, 6) is 2.14. The zero-order chi connectivity index (χ0) is 29.7. The number of nitrogens with one attached hydrogen (secondary N) is 1. The second-order valence-corrected chi connectivity index (χ2v) is 12.8. The lowest BCUT2D eigenvalue weighted by atomic mass is 9.94. The zero-order valence-electron chi connectivity index (χ0n) is 23.9. The molecule has 0 aliphatic carbocycles. The van der Waals surface area contributed by atoms with Crippen LogP contribution in [0.15, 0.2) is 76.0 Å². The van der Waals surface area contributed by atoms with E-state index in [0.717, 1.165) is 34.1 Å². The lowest BCUT2D eigenvalue weighted by Gasteiger charge is -2.32. The van der Waals surface area contributed by atoms with Crippen molar-refractivity contribution in [3.63, 3.8) is 0 Å². The van der Waals surface area contributed by atoms with Crippen LogP contribution in [0.4, 0.5) is 20.1 Å². The van der Waals surface area contributed by atoms with E-state index in [9.17, 15) is 9.18 Å². The number of aromatic nitrogens is 2. The van der Waals surface area contributed by atoms with Gasteiger partial charge in [0.15, 0.2) is 16.7 Å². The van der Waals surface area contributed by atoms with E-state index in [2.05, 4.69) is 10.3 Å². The van der Waals surface area contributed by atoms with Gasteiger partial charge >= 0.3 is 6.09 Å². The van der Waals surface area contributed by atoms with E-state index in [1.165, 1.54) is 35.2 Å². The Labute approximate surface area is 253 Å². The Balaban J connectivity index is 1.30. The number of hydrogen-bond donors (Lipinski definition) is 1. The number of pyridine rings is 1. The van der Waals surface area contributed by atoms with Gasteiger partial charge in [0.1, 0.15) is 22.9 Å². The smallest absolute Gasteiger partial charge is 0.410 e. The number of halogens is 1. The van der Waals surface area contributed by atoms with Crippen LogP contribution in [0.5, 0.6) is 17.2 Å². The molecule has 1 saturated heterocycles. The van der Waals surface area contributed by atoms with Crippen LogP contribution in [-0.4, -0.2) is 46.8 Å². The third kappa shape index (κ3) is 7.92. The number of thiazole rings is 1. The number of carbonyl (C=O) groups is 1. The summed E-state index contributed by atoms with van der Waals surface area (Å²) < 4.78 is 30.5. The molecule has 1 aliphatic rings. The van der Waals surface area contributed by atoms with Gasteiger partial charge in [0.25, 0.3) is 0 Å². The summed E-state index contributed by atoms with van der Waals surface area (Å²) in [4.78, 5) is 25.5. The predicted octanol–water partition coefficient (Wildman–Crippen LogP) is 8.49. The second kappa shape index (κ2) is 13.0. The molecule has 5 rings (SSSR count). The number of benzene rings is 2. The number of amides is 1. The highest BCUT2D eigenvalue weighted by atomic mass is 32.2. The average Bonchev–Trinajstić information content (AvgIpc) is 3.43. The molecule has 2 aromatic carbocycles. The Morgan fingerprint density at radius 1 is 1.07 bits per heavy atom. The largest absolute Gasteiger partial charge is 0.497 e. The summed E-state index contributed by atoms with van der Waals surface area (Å²) in [6, 6.07) is 15.5. The fraction of sp³-hybridized carbons (Fsp3) is 0.323. The van der Waals surface area contributed by atoms with Gasteiger partial charge in [0, 0.05) is 46.4 Å². The van der Waals surface area contributed by atoms with Crippen molar-refractivity contribution in [2.75, 3.05) is 25.5 Å². The Morgan fingerprint density at radius 3 is 2.55 bits per heavy atom. The number of carbonyl (C=O) groups excluding carboxylic acids is 1.